The Morgan fingerprint density at radius 1 is 1.04 bits per heavy atom. The smallest absolute Gasteiger partial charge is 0.123 e. The van der Waals surface area contributed by atoms with Crippen molar-refractivity contribution in [1.82, 2.24) is 9.80 Å². The number of aliphatic hydroxyl groups is 1. The molecule has 0 amide bonds. The van der Waals surface area contributed by atoms with Gasteiger partial charge in [0.2, 0.25) is 0 Å². The van der Waals surface area contributed by atoms with Crippen molar-refractivity contribution < 1.29 is 9.84 Å². The highest BCUT2D eigenvalue weighted by Crippen LogP contribution is 2.24. The highest BCUT2D eigenvalue weighted by Gasteiger charge is 2.20. The Labute approximate surface area is 154 Å². The Balaban J connectivity index is 1.51. The van der Waals surface area contributed by atoms with Gasteiger partial charge in [-0.25, -0.2) is 0 Å². The van der Waals surface area contributed by atoms with Gasteiger partial charge in [-0.3, -0.25) is 9.80 Å². The van der Waals surface area contributed by atoms with Crippen LogP contribution in [0.1, 0.15) is 17.2 Å². The van der Waals surface area contributed by atoms with Gasteiger partial charge in [-0.15, -0.1) is 0 Å². The van der Waals surface area contributed by atoms with E-state index in [0.29, 0.717) is 6.54 Å². The second kappa shape index (κ2) is 8.68. The molecule has 1 N–H and O–H groups in total. The number of methoxy groups -OCH3 is 1. The first-order valence-electron chi connectivity index (χ1n) is 8.66. The molecule has 0 spiro atoms. The molecule has 4 nitrogen and oxygen atoms in total. The quantitative estimate of drug-likeness (QED) is 0.858. The minimum Gasteiger partial charge on any atom is -0.496 e. The average molecular weight is 361 g/mol. The van der Waals surface area contributed by atoms with Crippen LogP contribution in [0.15, 0.2) is 48.5 Å². The molecule has 1 saturated heterocycles. The summed E-state index contributed by atoms with van der Waals surface area (Å²) in [6, 6.07) is 15.6. The van der Waals surface area contributed by atoms with E-state index in [9.17, 15) is 5.11 Å². The number of aliphatic hydroxyl groups excluding tert-OH is 1. The molecule has 25 heavy (non-hydrogen) atoms. The fourth-order valence-corrected chi connectivity index (χ4v) is 3.46. The summed E-state index contributed by atoms with van der Waals surface area (Å²) < 4.78 is 5.44. The van der Waals surface area contributed by atoms with Crippen LogP contribution in [0.4, 0.5) is 0 Å². The molecular formula is C20H25ClN2O2. The van der Waals surface area contributed by atoms with Gasteiger partial charge in [0.15, 0.2) is 0 Å². The van der Waals surface area contributed by atoms with Crippen LogP contribution in [0, 0.1) is 0 Å². The molecule has 2 aromatic carbocycles. The van der Waals surface area contributed by atoms with E-state index in [1.807, 2.05) is 48.5 Å². The van der Waals surface area contributed by atoms with Crippen molar-refractivity contribution in [2.75, 3.05) is 39.8 Å². The molecule has 1 atom stereocenters. The third-order valence-electron chi connectivity index (χ3n) is 4.72. The zero-order valence-corrected chi connectivity index (χ0v) is 15.3. The van der Waals surface area contributed by atoms with Gasteiger partial charge in [0.25, 0.3) is 0 Å². The maximum absolute atomic E-state index is 10.4. The van der Waals surface area contributed by atoms with Crippen LogP contribution < -0.4 is 4.74 Å². The number of hydrogen-bond acceptors (Lipinski definition) is 4. The van der Waals surface area contributed by atoms with Crippen molar-refractivity contribution in [1.29, 1.82) is 0 Å². The van der Waals surface area contributed by atoms with E-state index in [2.05, 4.69) is 9.80 Å². The lowest BCUT2D eigenvalue weighted by Crippen LogP contribution is -2.47. The van der Waals surface area contributed by atoms with Crippen LogP contribution in [0.2, 0.25) is 5.02 Å². The van der Waals surface area contributed by atoms with Gasteiger partial charge in [-0.1, -0.05) is 41.9 Å². The zero-order valence-electron chi connectivity index (χ0n) is 14.6. The number of hydrogen-bond donors (Lipinski definition) is 1. The van der Waals surface area contributed by atoms with Gasteiger partial charge in [-0.05, 0) is 23.8 Å². The number of piperazine rings is 1. The first-order chi connectivity index (χ1) is 12.2. The van der Waals surface area contributed by atoms with E-state index in [4.69, 9.17) is 16.3 Å². The van der Waals surface area contributed by atoms with Crippen LogP contribution in [-0.4, -0.2) is 54.7 Å². The fraction of sp³-hybridized carbons (Fsp3) is 0.400. The molecule has 0 aliphatic carbocycles. The predicted molar refractivity (Wildman–Crippen MR) is 101 cm³/mol. The first kappa shape index (κ1) is 18.2. The monoisotopic (exact) mass is 360 g/mol. The molecule has 2 aromatic rings. The highest BCUT2D eigenvalue weighted by molar-refractivity contribution is 6.30. The Hall–Kier alpha value is -1.59. The standard InChI is InChI=1S/C20H25ClN2O2/c1-25-20-8-7-18(21)13-17(20)14-22-9-11-23(12-10-22)15-19(24)16-5-3-2-4-6-16/h2-8,13,19,24H,9-12,14-15H2,1H3/t19-/m0/s1. The normalized spacial score (nSPS) is 17.4. The fourth-order valence-electron chi connectivity index (χ4n) is 3.27. The van der Waals surface area contributed by atoms with E-state index < -0.39 is 6.10 Å². The van der Waals surface area contributed by atoms with Crippen molar-refractivity contribution in [3.63, 3.8) is 0 Å². The number of halogens is 1. The predicted octanol–water partition coefficient (Wildman–Crippen LogP) is 3.20. The maximum atomic E-state index is 10.4. The molecule has 1 heterocycles. The summed E-state index contributed by atoms with van der Waals surface area (Å²) in [4.78, 5) is 4.73. The number of nitrogens with zero attached hydrogens (tertiary/aromatic N) is 2. The minimum atomic E-state index is -0.430. The number of rotatable bonds is 6. The van der Waals surface area contributed by atoms with Crippen LogP contribution in [-0.2, 0) is 6.54 Å². The minimum absolute atomic E-state index is 0.430. The van der Waals surface area contributed by atoms with Crippen LogP contribution >= 0.6 is 11.6 Å². The number of β-amino-alcohol motifs (C(OH)–C–C–N with tert-alkyl or cyclic N) is 1. The van der Waals surface area contributed by atoms with Crippen molar-refractivity contribution >= 4 is 11.6 Å². The largest absolute Gasteiger partial charge is 0.496 e. The van der Waals surface area contributed by atoms with Crippen LogP contribution in [0.25, 0.3) is 0 Å². The zero-order chi connectivity index (χ0) is 17.6. The first-order valence-corrected chi connectivity index (χ1v) is 9.03. The molecule has 5 heteroatoms. The second-order valence-corrected chi connectivity index (χ2v) is 6.90. The van der Waals surface area contributed by atoms with Gasteiger partial charge < -0.3 is 9.84 Å². The summed E-state index contributed by atoms with van der Waals surface area (Å²) in [6.07, 6.45) is -0.430. The van der Waals surface area contributed by atoms with Crippen molar-refractivity contribution in [2.45, 2.75) is 12.6 Å². The summed E-state index contributed by atoms with van der Waals surface area (Å²) in [5, 5.41) is 11.1. The third-order valence-corrected chi connectivity index (χ3v) is 4.95. The van der Waals surface area contributed by atoms with E-state index in [1.54, 1.807) is 7.11 Å². The summed E-state index contributed by atoms with van der Waals surface area (Å²) in [6.45, 7) is 5.35. The summed E-state index contributed by atoms with van der Waals surface area (Å²) in [5.74, 6) is 0.881. The van der Waals surface area contributed by atoms with Crippen LogP contribution in [0.3, 0.4) is 0 Å². The lowest BCUT2D eigenvalue weighted by Gasteiger charge is -2.35. The van der Waals surface area contributed by atoms with Crippen molar-refractivity contribution in [2.24, 2.45) is 0 Å². The molecule has 0 bridgehead atoms. The summed E-state index contributed by atoms with van der Waals surface area (Å²) in [5.41, 5.74) is 2.10. The SMILES string of the molecule is COc1ccc(Cl)cc1CN1CCN(C[C@H](O)c2ccccc2)CC1. The number of benzene rings is 2. The molecule has 1 aliphatic heterocycles. The van der Waals surface area contributed by atoms with E-state index in [1.165, 1.54) is 0 Å². The molecular weight excluding hydrogens is 336 g/mol. The Bertz CT molecular complexity index is 673. The van der Waals surface area contributed by atoms with E-state index in [-0.39, 0.29) is 0 Å². The molecule has 1 aliphatic rings. The molecule has 0 unspecified atom stereocenters. The Kier molecular flexibility index (Phi) is 6.32. The molecule has 0 aromatic heterocycles. The van der Waals surface area contributed by atoms with Gasteiger partial charge >= 0.3 is 0 Å². The second-order valence-electron chi connectivity index (χ2n) is 6.46. The molecule has 0 saturated carbocycles. The maximum Gasteiger partial charge on any atom is 0.123 e. The third kappa shape index (κ3) is 4.95. The van der Waals surface area contributed by atoms with Crippen molar-refractivity contribution in [3.05, 3.63) is 64.7 Å². The van der Waals surface area contributed by atoms with Gasteiger partial charge in [0, 0.05) is 49.9 Å². The van der Waals surface area contributed by atoms with E-state index >= 15 is 0 Å². The Morgan fingerprint density at radius 3 is 2.40 bits per heavy atom. The van der Waals surface area contributed by atoms with Crippen LogP contribution in [0.5, 0.6) is 5.75 Å². The summed E-state index contributed by atoms with van der Waals surface area (Å²) >= 11 is 6.12. The molecule has 0 radical (unpaired) electrons. The lowest BCUT2D eigenvalue weighted by molar-refractivity contribution is 0.0698. The highest BCUT2D eigenvalue weighted by atomic mass is 35.5. The molecule has 3 rings (SSSR count). The Morgan fingerprint density at radius 2 is 1.72 bits per heavy atom. The van der Waals surface area contributed by atoms with Gasteiger partial charge in [0.05, 0.1) is 13.2 Å². The topological polar surface area (TPSA) is 35.9 Å². The van der Waals surface area contributed by atoms with Gasteiger partial charge in [-0.2, -0.15) is 0 Å². The van der Waals surface area contributed by atoms with Gasteiger partial charge in [0.1, 0.15) is 5.75 Å². The lowest BCUT2D eigenvalue weighted by atomic mass is 10.1. The molecule has 1 fully saturated rings. The molecule has 134 valence electrons. The van der Waals surface area contributed by atoms with Crippen molar-refractivity contribution in [3.8, 4) is 5.75 Å². The average Bonchev–Trinajstić information content (AvgIpc) is 2.64. The van der Waals surface area contributed by atoms with E-state index in [0.717, 1.165) is 54.6 Å². The summed E-state index contributed by atoms with van der Waals surface area (Å²) in [7, 11) is 1.69. The number of ether oxygens (including phenoxy) is 1.